The van der Waals surface area contributed by atoms with Crippen LogP contribution in [-0.4, -0.2) is 24.3 Å². The maximum atomic E-state index is 12.3. The fourth-order valence-corrected chi connectivity index (χ4v) is 3.13. The summed E-state index contributed by atoms with van der Waals surface area (Å²) in [4.78, 5) is 4.13. The van der Waals surface area contributed by atoms with Gasteiger partial charge in [-0.15, -0.1) is 0 Å². The van der Waals surface area contributed by atoms with E-state index in [2.05, 4.69) is 15.1 Å². The van der Waals surface area contributed by atoms with E-state index in [4.69, 9.17) is 5.84 Å². The number of nitrogen functional groups attached to an aromatic ring is 1. The number of aromatic nitrogens is 2. The second-order valence-corrected chi connectivity index (χ2v) is 6.27. The molecule has 7 nitrogen and oxygen atoms in total. The molecule has 0 saturated heterocycles. The van der Waals surface area contributed by atoms with Gasteiger partial charge in [0, 0.05) is 12.7 Å². The van der Waals surface area contributed by atoms with Crippen LogP contribution in [0.15, 0.2) is 29.4 Å². The summed E-state index contributed by atoms with van der Waals surface area (Å²) < 4.78 is 28.7. The molecule has 4 N–H and O–H groups in total. The molecule has 0 bridgehead atoms. The van der Waals surface area contributed by atoms with Crippen LogP contribution in [-0.2, 0) is 10.0 Å². The number of sulfonamides is 1. The number of fused-ring (bicyclic) bond motifs is 1. The van der Waals surface area contributed by atoms with Crippen LogP contribution in [0.1, 0.15) is 13.8 Å². The van der Waals surface area contributed by atoms with Crippen molar-refractivity contribution in [2.45, 2.75) is 18.9 Å². The van der Waals surface area contributed by atoms with Gasteiger partial charge in [0.25, 0.3) is 10.0 Å². The zero-order valence-electron chi connectivity index (χ0n) is 10.8. The summed E-state index contributed by atoms with van der Waals surface area (Å²) >= 11 is 0. The van der Waals surface area contributed by atoms with Crippen LogP contribution in [0.25, 0.3) is 5.65 Å². The smallest absolute Gasteiger partial charge is 0.260 e. The van der Waals surface area contributed by atoms with Crippen molar-refractivity contribution in [2.24, 2.45) is 11.8 Å². The highest BCUT2D eigenvalue weighted by molar-refractivity contribution is 7.89. The molecule has 0 aliphatic carbocycles. The van der Waals surface area contributed by atoms with E-state index in [-0.39, 0.29) is 16.8 Å². The first kappa shape index (κ1) is 13.8. The van der Waals surface area contributed by atoms with Crippen molar-refractivity contribution in [1.29, 1.82) is 0 Å². The minimum atomic E-state index is -3.67. The predicted octanol–water partition coefficient (Wildman–Crippen LogP) is 0.554. The molecule has 0 radical (unpaired) electrons. The number of hydrogen-bond acceptors (Lipinski definition) is 5. The Labute approximate surface area is 111 Å². The van der Waals surface area contributed by atoms with Crippen molar-refractivity contribution in [3.05, 3.63) is 24.4 Å². The first-order valence-electron chi connectivity index (χ1n) is 5.89. The van der Waals surface area contributed by atoms with Gasteiger partial charge in [-0.1, -0.05) is 19.9 Å². The molecule has 104 valence electrons. The van der Waals surface area contributed by atoms with E-state index in [9.17, 15) is 8.42 Å². The van der Waals surface area contributed by atoms with Crippen LogP contribution in [0.4, 0.5) is 5.82 Å². The maximum Gasteiger partial charge on any atom is 0.260 e. The zero-order chi connectivity index (χ0) is 14.0. The summed E-state index contributed by atoms with van der Waals surface area (Å²) in [6.07, 6.45) is 1.63. The molecule has 0 fully saturated rings. The summed E-state index contributed by atoms with van der Waals surface area (Å²) in [5.74, 6) is 5.69. The van der Waals surface area contributed by atoms with Crippen molar-refractivity contribution >= 4 is 21.5 Å². The molecule has 0 spiro atoms. The van der Waals surface area contributed by atoms with Gasteiger partial charge in [0.2, 0.25) is 0 Å². The predicted molar refractivity (Wildman–Crippen MR) is 73.0 cm³/mol. The van der Waals surface area contributed by atoms with Gasteiger partial charge >= 0.3 is 0 Å². The number of hydrazine groups is 1. The molecule has 0 unspecified atom stereocenters. The van der Waals surface area contributed by atoms with Gasteiger partial charge in [-0.2, -0.15) is 0 Å². The number of nitrogens with zero attached hydrogens (tertiary/aromatic N) is 2. The Morgan fingerprint density at radius 1 is 1.42 bits per heavy atom. The third-order valence-electron chi connectivity index (χ3n) is 2.56. The van der Waals surface area contributed by atoms with Gasteiger partial charge in [0.15, 0.2) is 10.8 Å². The van der Waals surface area contributed by atoms with Gasteiger partial charge in [0.1, 0.15) is 5.65 Å². The van der Waals surface area contributed by atoms with E-state index >= 15 is 0 Å². The molecular weight excluding hydrogens is 266 g/mol. The molecule has 0 aliphatic heterocycles. The summed E-state index contributed by atoms with van der Waals surface area (Å²) in [7, 11) is -3.67. The quantitative estimate of drug-likeness (QED) is 0.549. The van der Waals surface area contributed by atoms with Crippen molar-refractivity contribution in [2.75, 3.05) is 12.0 Å². The Morgan fingerprint density at radius 2 is 2.16 bits per heavy atom. The highest BCUT2D eigenvalue weighted by Gasteiger charge is 2.24. The molecule has 0 atom stereocenters. The van der Waals surface area contributed by atoms with Crippen molar-refractivity contribution in [3.8, 4) is 0 Å². The second-order valence-electron chi connectivity index (χ2n) is 4.58. The van der Waals surface area contributed by atoms with E-state index in [0.29, 0.717) is 12.2 Å². The molecule has 0 amide bonds. The summed E-state index contributed by atoms with van der Waals surface area (Å²) in [6.45, 7) is 4.21. The molecule has 0 aromatic carbocycles. The fourth-order valence-electron chi connectivity index (χ4n) is 1.67. The Morgan fingerprint density at radius 3 is 2.79 bits per heavy atom. The Kier molecular flexibility index (Phi) is 3.74. The highest BCUT2D eigenvalue weighted by Crippen LogP contribution is 2.21. The highest BCUT2D eigenvalue weighted by atomic mass is 32.2. The van der Waals surface area contributed by atoms with Gasteiger partial charge in [-0.3, -0.25) is 4.40 Å². The lowest BCUT2D eigenvalue weighted by Crippen LogP contribution is -2.29. The molecule has 0 saturated carbocycles. The van der Waals surface area contributed by atoms with E-state index in [1.807, 2.05) is 13.8 Å². The van der Waals surface area contributed by atoms with E-state index in [1.54, 1.807) is 24.4 Å². The SMILES string of the molecule is CC(C)CNS(=O)(=O)c1c(NN)nc2ccccn12. The lowest BCUT2D eigenvalue weighted by atomic mass is 10.2. The number of nitrogens with two attached hydrogens (primary N) is 1. The van der Waals surface area contributed by atoms with Crippen LogP contribution >= 0.6 is 0 Å². The van der Waals surface area contributed by atoms with Gasteiger partial charge in [-0.05, 0) is 18.1 Å². The molecule has 2 aromatic rings. The van der Waals surface area contributed by atoms with Crippen LogP contribution in [0.3, 0.4) is 0 Å². The van der Waals surface area contributed by atoms with Crippen molar-refractivity contribution in [3.63, 3.8) is 0 Å². The molecule has 2 rings (SSSR count). The van der Waals surface area contributed by atoms with E-state index in [1.165, 1.54) is 4.40 Å². The minimum Gasteiger partial charge on any atom is -0.306 e. The number of rotatable bonds is 5. The number of anilines is 1. The van der Waals surface area contributed by atoms with Crippen LogP contribution in [0, 0.1) is 5.92 Å². The van der Waals surface area contributed by atoms with Crippen molar-refractivity contribution < 1.29 is 8.42 Å². The second kappa shape index (κ2) is 5.16. The van der Waals surface area contributed by atoms with Gasteiger partial charge in [-0.25, -0.2) is 24.0 Å². The van der Waals surface area contributed by atoms with Crippen molar-refractivity contribution in [1.82, 2.24) is 14.1 Å². The lowest BCUT2D eigenvalue weighted by Gasteiger charge is -2.09. The van der Waals surface area contributed by atoms with Gasteiger partial charge in [0.05, 0.1) is 0 Å². The Bertz CT molecular complexity index is 677. The minimum absolute atomic E-state index is 0.0197. The van der Waals surface area contributed by atoms with E-state index in [0.717, 1.165) is 0 Å². The largest absolute Gasteiger partial charge is 0.306 e. The van der Waals surface area contributed by atoms with E-state index < -0.39 is 10.0 Å². The third kappa shape index (κ3) is 2.70. The average molecular weight is 283 g/mol. The lowest BCUT2D eigenvalue weighted by molar-refractivity contribution is 0.556. The summed E-state index contributed by atoms with van der Waals surface area (Å²) in [5.41, 5.74) is 2.84. The Hall–Kier alpha value is -1.64. The van der Waals surface area contributed by atoms with Crippen LogP contribution in [0.5, 0.6) is 0 Å². The molecule has 19 heavy (non-hydrogen) atoms. The average Bonchev–Trinajstić information content (AvgIpc) is 2.75. The topological polar surface area (TPSA) is 102 Å². The maximum absolute atomic E-state index is 12.3. The Balaban J connectivity index is 2.54. The standard InChI is InChI=1S/C11H17N5O2S/c1-8(2)7-13-19(17,18)11-10(15-12)14-9-5-3-4-6-16(9)11/h3-6,8,13,15H,7,12H2,1-2H3. The first-order chi connectivity index (χ1) is 8.95. The number of hydrogen-bond donors (Lipinski definition) is 3. The van der Waals surface area contributed by atoms with Gasteiger partial charge < -0.3 is 5.43 Å². The first-order valence-corrected chi connectivity index (χ1v) is 7.37. The molecule has 2 aromatic heterocycles. The molecule has 2 heterocycles. The normalized spacial score (nSPS) is 12.2. The fraction of sp³-hybridized carbons (Fsp3) is 0.364. The zero-order valence-corrected chi connectivity index (χ0v) is 11.6. The third-order valence-corrected chi connectivity index (χ3v) is 4.00. The molecular formula is C11H17N5O2S. The van der Waals surface area contributed by atoms with Crippen LogP contribution in [0.2, 0.25) is 0 Å². The molecule has 8 heteroatoms. The number of imidazole rings is 1. The summed E-state index contributed by atoms with van der Waals surface area (Å²) in [5, 5.41) is 0.0197. The summed E-state index contributed by atoms with van der Waals surface area (Å²) in [6, 6.07) is 5.22. The number of nitrogens with one attached hydrogen (secondary N) is 2. The van der Waals surface area contributed by atoms with Crippen LogP contribution < -0.4 is 16.0 Å². The molecule has 0 aliphatic rings. The number of pyridine rings is 1. The monoisotopic (exact) mass is 283 g/mol.